The van der Waals surface area contributed by atoms with Crippen LogP contribution in [-0.2, 0) is 11.2 Å². The number of likely N-dealkylation sites (tertiary alicyclic amines) is 1. The molecule has 0 saturated carbocycles. The molecule has 8 nitrogen and oxygen atoms in total. The number of aromatic nitrogens is 3. The van der Waals surface area contributed by atoms with Gasteiger partial charge in [0, 0.05) is 32.5 Å². The normalized spacial score (nSPS) is 18.8. The Bertz CT molecular complexity index is 448. The lowest BCUT2D eigenvalue weighted by Gasteiger charge is -2.32. The van der Waals surface area contributed by atoms with Gasteiger partial charge in [-0.2, -0.15) is 5.10 Å². The topological polar surface area (TPSA) is 111 Å². The van der Waals surface area contributed by atoms with E-state index in [0.29, 0.717) is 26.1 Å². The van der Waals surface area contributed by atoms with E-state index in [9.17, 15) is 9.59 Å². The van der Waals surface area contributed by atoms with Crippen LogP contribution in [0.2, 0.25) is 0 Å². The molecule has 1 saturated heterocycles. The Morgan fingerprint density at radius 2 is 2.40 bits per heavy atom. The predicted molar refractivity (Wildman–Crippen MR) is 70.0 cm³/mol. The van der Waals surface area contributed by atoms with Gasteiger partial charge in [0.2, 0.25) is 0 Å². The van der Waals surface area contributed by atoms with Crippen molar-refractivity contribution in [3.05, 3.63) is 12.2 Å². The molecule has 20 heavy (non-hydrogen) atoms. The average Bonchev–Trinajstić information content (AvgIpc) is 2.91. The molecule has 1 aromatic heterocycles. The van der Waals surface area contributed by atoms with Gasteiger partial charge in [-0.3, -0.25) is 9.89 Å². The fourth-order valence-corrected chi connectivity index (χ4v) is 2.41. The number of aliphatic carboxylic acids is 1. The number of H-pyrrole nitrogens is 1. The van der Waals surface area contributed by atoms with Crippen molar-refractivity contribution in [2.75, 3.05) is 19.6 Å². The number of nitrogens with zero attached hydrogens (tertiary/aromatic N) is 3. The Labute approximate surface area is 116 Å². The van der Waals surface area contributed by atoms with Crippen molar-refractivity contribution in [1.29, 1.82) is 0 Å². The molecule has 8 heteroatoms. The molecule has 1 aliphatic heterocycles. The smallest absolute Gasteiger partial charge is 0.317 e. The minimum atomic E-state index is -0.803. The van der Waals surface area contributed by atoms with Crippen LogP contribution in [0.25, 0.3) is 0 Å². The lowest BCUT2D eigenvalue weighted by Crippen LogP contribution is -2.46. The van der Waals surface area contributed by atoms with Crippen LogP contribution in [0.15, 0.2) is 6.33 Å². The van der Waals surface area contributed by atoms with E-state index in [1.165, 1.54) is 6.33 Å². The molecule has 0 radical (unpaired) electrons. The standard InChI is InChI=1S/C12H19N5O3/c18-11(19)6-9-2-1-5-17(7-9)12(20)13-4-3-10-14-8-15-16-10/h8-9H,1-7H2,(H,13,20)(H,18,19)(H,14,15,16). The van der Waals surface area contributed by atoms with Crippen LogP contribution in [0.4, 0.5) is 4.79 Å². The number of amides is 2. The van der Waals surface area contributed by atoms with Crippen molar-refractivity contribution in [1.82, 2.24) is 25.4 Å². The summed E-state index contributed by atoms with van der Waals surface area (Å²) in [6.07, 6.45) is 3.87. The van der Waals surface area contributed by atoms with E-state index < -0.39 is 5.97 Å². The second-order valence-corrected chi connectivity index (χ2v) is 4.97. The van der Waals surface area contributed by atoms with Gasteiger partial charge in [-0.1, -0.05) is 0 Å². The van der Waals surface area contributed by atoms with Crippen molar-refractivity contribution in [3.63, 3.8) is 0 Å². The SMILES string of the molecule is O=C(O)CC1CCCN(C(=O)NCCc2ncn[nH]2)C1. The first-order chi connectivity index (χ1) is 9.65. The van der Waals surface area contributed by atoms with Gasteiger partial charge in [0.05, 0.1) is 0 Å². The number of nitrogens with one attached hydrogen (secondary N) is 2. The first-order valence-electron chi connectivity index (χ1n) is 6.74. The van der Waals surface area contributed by atoms with Crippen molar-refractivity contribution in [3.8, 4) is 0 Å². The molecule has 2 rings (SSSR count). The van der Waals surface area contributed by atoms with Crippen molar-refractivity contribution >= 4 is 12.0 Å². The van der Waals surface area contributed by atoms with E-state index in [2.05, 4.69) is 20.5 Å². The minimum Gasteiger partial charge on any atom is -0.481 e. The Morgan fingerprint density at radius 3 is 3.10 bits per heavy atom. The van der Waals surface area contributed by atoms with E-state index in [1.54, 1.807) is 4.90 Å². The van der Waals surface area contributed by atoms with Crippen LogP contribution in [0.5, 0.6) is 0 Å². The van der Waals surface area contributed by atoms with Gasteiger partial charge >= 0.3 is 12.0 Å². The predicted octanol–water partition coefficient (Wildman–Crippen LogP) is 0.243. The number of carboxylic acid groups (broad SMARTS) is 1. The van der Waals surface area contributed by atoms with E-state index in [0.717, 1.165) is 18.7 Å². The van der Waals surface area contributed by atoms with Gasteiger partial charge in [-0.25, -0.2) is 9.78 Å². The zero-order valence-corrected chi connectivity index (χ0v) is 11.2. The van der Waals surface area contributed by atoms with E-state index in [4.69, 9.17) is 5.11 Å². The molecular formula is C12H19N5O3. The molecular weight excluding hydrogens is 262 g/mol. The van der Waals surface area contributed by atoms with Gasteiger partial charge in [-0.15, -0.1) is 0 Å². The second kappa shape index (κ2) is 6.88. The summed E-state index contributed by atoms with van der Waals surface area (Å²) < 4.78 is 0. The summed E-state index contributed by atoms with van der Waals surface area (Å²) in [7, 11) is 0. The highest BCUT2D eigenvalue weighted by Crippen LogP contribution is 2.19. The maximum atomic E-state index is 12.0. The summed E-state index contributed by atoms with van der Waals surface area (Å²) in [5.41, 5.74) is 0. The third-order valence-corrected chi connectivity index (χ3v) is 3.37. The van der Waals surface area contributed by atoms with Crippen LogP contribution in [0.1, 0.15) is 25.1 Å². The Balaban J connectivity index is 1.72. The zero-order valence-electron chi connectivity index (χ0n) is 11.2. The Kier molecular flexibility index (Phi) is 4.91. The minimum absolute atomic E-state index is 0.0567. The number of aromatic amines is 1. The molecule has 1 fully saturated rings. The van der Waals surface area contributed by atoms with Crippen LogP contribution < -0.4 is 5.32 Å². The third kappa shape index (κ3) is 4.22. The number of carboxylic acids is 1. The van der Waals surface area contributed by atoms with E-state index >= 15 is 0 Å². The summed E-state index contributed by atoms with van der Waals surface area (Å²) in [5.74, 6) is -0.0171. The van der Waals surface area contributed by atoms with Crippen LogP contribution >= 0.6 is 0 Å². The van der Waals surface area contributed by atoms with E-state index in [-0.39, 0.29) is 18.4 Å². The van der Waals surface area contributed by atoms with Crippen molar-refractivity contribution in [2.24, 2.45) is 5.92 Å². The van der Waals surface area contributed by atoms with Crippen LogP contribution in [-0.4, -0.2) is 56.8 Å². The Morgan fingerprint density at radius 1 is 1.55 bits per heavy atom. The van der Waals surface area contributed by atoms with Gasteiger partial charge in [0.1, 0.15) is 12.2 Å². The lowest BCUT2D eigenvalue weighted by molar-refractivity contribution is -0.138. The lowest BCUT2D eigenvalue weighted by atomic mass is 9.95. The highest BCUT2D eigenvalue weighted by atomic mass is 16.4. The quantitative estimate of drug-likeness (QED) is 0.716. The molecule has 2 amide bonds. The molecule has 2 heterocycles. The van der Waals surface area contributed by atoms with Crippen LogP contribution in [0, 0.1) is 5.92 Å². The number of carbonyl (C=O) groups excluding carboxylic acids is 1. The zero-order chi connectivity index (χ0) is 14.4. The summed E-state index contributed by atoms with van der Waals surface area (Å²) >= 11 is 0. The molecule has 1 atom stereocenters. The fourth-order valence-electron chi connectivity index (χ4n) is 2.41. The fraction of sp³-hybridized carbons (Fsp3) is 0.667. The first kappa shape index (κ1) is 14.3. The third-order valence-electron chi connectivity index (χ3n) is 3.37. The van der Waals surface area contributed by atoms with Gasteiger partial charge in [0.25, 0.3) is 0 Å². The molecule has 3 N–H and O–H groups in total. The summed E-state index contributed by atoms with van der Waals surface area (Å²) in [6, 6.07) is -0.139. The average molecular weight is 281 g/mol. The molecule has 0 aliphatic carbocycles. The van der Waals surface area contributed by atoms with Gasteiger partial charge in [0.15, 0.2) is 0 Å². The van der Waals surface area contributed by atoms with Gasteiger partial charge in [-0.05, 0) is 18.8 Å². The highest BCUT2D eigenvalue weighted by molar-refractivity contribution is 5.74. The number of hydrogen-bond acceptors (Lipinski definition) is 4. The van der Waals surface area contributed by atoms with Crippen molar-refractivity contribution < 1.29 is 14.7 Å². The maximum Gasteiger partial charge on any atom is 0.317 e. The molecule has 1 unspecified atom stereocenters. The maximum absolute atomic E-state index is 12.0. The highest BCUT2D eigenvalue weighted by Gasteiger charge is 2.24. The number of hydrogen-bond donors (Lipinski definition) is 3. The van der Waals surface area contributed by atoms with Crippen molar-refractivity contribution in [2.45, 2.75) is 25.7 Å². The Hall–Kier alpha value is -2.12. The molecule has 0 bridgehead atoms. The molecule has 1 aromatic rings. The number of carbonyl (C=O) groups is 2. The number of rotatable bonds is 5. The largest absolute Gasteiger partial charge is 0.481 e. The molecule has 110 valence electrons. The molecule has 1 aliphatic rings. The van der Waals surface area contributed by atoms with Gasteiger partial charge < -0.3 is 15.3 Å². The monoisotopic (exact) mass is 281 g/mol. The number of piperidine rings is 1. The second-order valence-electron chi connectivity index (χ2n) is 4.97. The summed E-state index contributed by atoms with van der Waals surface area (Å²) in [4.78, 5) is 28.4. The summed E-state index contributed by atoms with van der Waals surface area (Å²) in [5, 5.41) is 18.1. The first-order valence-corrected chi connectivity index (χ1v) is 6.74. The van der Waals surface area contributed by atoms with E-state index in [1.807, 2.05) is 0 Å². The number of urea groups is 1. The van der Waals surface area contributed by atoms with Crippen LogP contribution in [0.3, 0.4) is 0 Å². The molecule has 0 aromatic carbocycles. The summed E-state index contributed by atoms with van der Waals surface area (Å²) in [6.45, 7) is 1.68. The molecule has 0 spiro atoms.